The number of hydrogen-bond acceptors (Lipinski definition) is 3. The average molecular weight is 327 g/mol. The van der Waals surface area contributed by atoms with Crippen LogP contribution in [0.25, 0.3) is 0 Å². The van der Waals surface area contributed by atoms with Crippen LogP contribution in [0.3, 0.4) is 0 Å². The highest BCUT2D eigenvalue weighted by molar-refractivity contribution is 5.78. The molecule has 1 aliphatic rings. The SMILES string of the molecule is C[C@H]1CCN(CC(=O)NCc2cccnc2)[C@@H]1c1cccc(F)c1. The summed E-state index contributed by atoms with van der Waals surface area (Å²) in [7, 11) is 0. The van der Waals surface area contributed by atoms with Crippen LogP contribution in [0.4, 0.5) is 4.39 Å². The van der Waals surface area contributed by atoms with Crippen LogP contribution in [0.2, 0.25) is 0 Å². The van der Waals surface area contributed by atoms with Gasteiger partial charge in [-0.05, 0) is 48.2 Å². The number of pyridine rings is 1. The second-order valence-electron chi connectivity index (χ2n) is 6.37. The van der Waals surface area contributed by atoms with Crippen LogP contribution in [-0.4, -0.2) is 28.9 Å². The van der Waals surface area contributed by atoms with Gasteiger partial charge in [-0.3, -0.25) is 14.7 Å². The molecule has 1 aliphatic heterocycles. The van der Waals surface area contributed by atoms with Crippen molar-refractivity contribution in [2.24, 2.45) is 5.92 Å². The van der Waals surface area contributed by atoms with Crippen molar-refractivity contribution in [3.8, 4) is 0 Å². The highest BCUT2D eigenvalue weighted by Crippen LogP contribution is 2.36. The molecule has 1 N–H and O–H groups in total. The Kier molecular flexibility index (Phi) is 5.20. The van der Waals surface area contributed by atoms with Gasteiger partial charge in [-0.2, -0.15) is 0 Å². The number of benzene rings is 1. The Hall–Kier alpha value is -2.27. The van der Waals surface area contributed by atoms with Crippen molar-refractivity contribution in [2.75, 3.05) is 13.1 Å². The standard InChI is InChI=1S/C19H22FN3O/c1-14-7-9-23(19(14)16-5-2-6-17(20)10-16)13-18(24)22-12-15-4-3-8-21-11-15/h2-6,8,10-11,14,19H,7,9,12-13H2,1H3,(H,22,24)/t14-,19-/m0/s1. The summed E-state index contributed by atoms with van der Waals surface area (Å²) < 4.78 is 13.5. The van der Waals surface area contributed by atoms with E-state index in [-0.39, 0.29) is 17.8 Å². The molecule has 1 amide bonds. The summed E-state index contributed by atoms with van der Waals surface area (Å²) >= 11 is 0. The number of halogens is 1. The zero-order chi connectivity index (χ0) is 16.9. The van der Waals surface area contributed by atoms with E-state index in [9.17, 15) is 9.18 Å². The second kappa shape index (κ2) is 7.53. The van der Waals surface area contributed by atoms with E-state index < -0.39 is 0 Å². The van der Waals surface area contributed by atoms with Crippen molar-refractivity contribution in [1.29, 1.82) is 0 Å². The van der Waals surface area contributed by atoms with E-state index in [1.54, 1.807) is 24.5 Å². The number of nitrogens with zero attached hydrogens (tertiary/aromatic N) is 2. The fraction of sp³-hybridized carbons (Fsp3) is 0.368. The van der Waals surface area contributed by atoms with Crippen molar-refractivity contribution in [3.63, 3.8) is 0 Å². The predicted molar refractivity (Wildman–Crippen MR) is 90.6 cm³/mol. The molecule has 2 aromatic rings. The third-order valence-electron chi connectivity index (χ3n) is 4.55. The van der Waals surface area contributed by atoms with Crippen LogP contribution < -0.4 is 5.32 Å². The van der Waals surface area contributed by atoms with E-state index in [0.717, 1.165) is 24.1 Å². The topological polar surface area (TPSA) is 45.2 Å². The van der Waals surface area contributed by atoms with Crippen molar-refractivity contribution < 1.29 is 9.18 Å². The molecule has 0 aliphatic carbocycles. The maximum Gasteiger partial charge on any atom is 0.234 e. The highest BCUT2D eigenvalue weighted by atomic mass is 19.1. The lowest BCUT2D eigenvalue weighted by Crippen LogP contribution is -2.37. The van der Waals surface area contributed by atoms with E-state index in [1.165, 1.54) is 6.07 Å². The molecule has 0 unspecified atom stereocenters. The summed E-state index contributed by atoms with van der Waals surface area (Å²) in [4.78, 5) is 18.5. The third kappa shape index (κ3) is 3.97. The maximum absolute atomic E-state index is 13.5. The molecule has 0 spiro atoms. The van der Waals surface area contributed by atoms with Crippen LogP contribution in [0.1, 0.15) is 30.5 Å². The lowest BCUT2D eigenvalue weighted by Gasteiger charge is -2.27. The van der Waals surface area contributed by atoms with Gasteiger partial charge in [0.1, 0.15) is 5.82 Å². The van der Waals surface area contributed by atoms with Crippen LogP contribution >= 0.6 is 0 Å². The monoisotopic (exact) mass is 327 g/mol. The maximum atomic E-state index is 13.5. The van der Waals surface area contributed by atoms with Crippen molar-refractivity contribution in [3.05, 3.63) is 65.7 Å². The molecular weight excluding hydrogens is 305 g/mol. The Morgan fingerprint density at radius 1 is 1.38 bits per heavy atom. The first kappa shape index (κ1) is 16.6. The Morgan fingerprint density at radius 2 is 2.25 bits per heavy atom. The van der Waals surface area contributed by atoms with Gasteiger partial charge in [-0.15, -0.1) is 0 Å². The number of likely N-dealkylation sites (tertiary alicyclic amines) is 1. The zero-order valence-corrected chi connectivity index (χ0v) is 13.8. The van der Waals surface area contributed by atoms with Crippen LogP contribution in [-0.2, 0) is 11.3 Å². The molecule has 1 aromatic carbocycles. The Labute approximate surface area is 141 Å². The molecule has 1 aromatic heterocycles. The normalized spacial score (nSPS) is 20.9. The molecule has 0 saturated carbocycles. The number of hydrogen-bond donors (Lipinski definition) is 1. The predicted octanol–water partition coefficient (Wildman–Crippen LogP) is 2.92. The molecular formula is C19H22FN3O. The summed E-state index contributed by atoms with van der Waals surface area (Å²) in [5, 5.41) is 2.93. The van der Waals surface area contributed by atoms with Crippen molar-refractivity contribution in [1.82, 2.24) is 15.2 Å². The molecule has 1 fully saturated rings. The molecule has 4 nitrogen and oxygen atoms in total. The van der Waals surface area contributed by atoms with E-state index >= 15 is 0 Å². The average Bonchev–Trinajstić information content (AvgIpc) is 2.94. The zero-order valence-electron chi connectivity index (χ0n) is 13.8. The number of carbonyl (C=O) groups excluding carboxylic acids is 1. The van der Waals surface area contributed by atoms with E-state index in [0.29, 0.717) is 19.0 Å². The molecule has 3 rings (SSSR count). The minimum absolute atomic E-state index is 0.0191. The number of amides is 1. The summed E-state index contributed by atoms with van der Waals surface area (Å²) in [6, 6.07) is 10.6. The van der Waals surface area contributed by atoms with Gasteiger partial charge in [0.25, 0.3) is 0 Å². The molecule has 126 valence electrons. The van der Waals surface area contributed by atoms with Gasteiger partial charge in [-0.25, -0.2) is 4.39 Å². The van der Waals surface area contributed by atoms with Crippen LogP contribution in [0.15, 0.2) is 48.8 Å². The quantitative estimate of drug-likeness (QED) is 0.918. The van der Waals surface area contributed by atoms with Gasteiger partial charge in [0.05, 0.1) is 6.54 Å². The molecule has 24 heavy (non-hydrogen) atoms. The third-order valence-corrected chi connectivity index (χ3v) is 4.55. The minimum Gasteiger partial charge on any atom is -0.351 e. The van der Waals surface area contributed by atoms with E-state index in [2.05, 4.69) is 22.1 Å². The van der Waals surface area contributed by atoms with Gasteiger partial charge in [-0.1, -0.05) is 25.1 Å². The summed E-state index contributed by atoms with van der Waals surface area (Å²) in [6.45, 7) is 3.80. The molecule has 2 atom stereocenters. The number of carbonyl (C=O) groups is 1. The fourth-order valence-corrected chi connectivity index (χ4v) is 3.38. The van der Waals surface area contributed by atoms with E-state index in [1.807, 2.05) is 18.2 Å². The summed E-state index contributed by atoms with van der Waals surface area (Å²) in [6.07, 6.45) is 4.46. The van der Waals surface area contributed by atoms with Crippen molar-refractivity contribution in [2.45, 2.75) is 25.9 Å². The van der Waals surface area contributed by atoms with Gasteiger partial charge < -0.3 is 5.32 Å². The smallest absolute Gasteiger partial charge is 0.234 e. The van der Waals surface area contributed by atoms with E-state index in [4.69, 9.17) is 0 Å². The lowest BCUT2D eigenvalue weighted by atomic mass is 9.95. The number of aromatic nitrogens is 1. The first-order valence-electron chi connectivity index (χ1n) is 8.28. The number of nitrogens with one attached hydrogen (secondary N) is 1. The first-order valence-corrected chi connectivity index (χ1v) is 8.28. The van der Waals surface area contributed by atoms with Crippen LogP contribution in [0, 0.1) is 11.7 Å². The molecule has 0 bridgehead atoms. The lowest BCUT2D eigenvalue weighted by molar-refractivity contribution is -0.122. The van der Waals surface area contributed by atoms with Gasteiger partial charge in [0, 0.05) is 25.0 Å². The van der Waals surface area contributed by atoms with Crippen LogP contribution in [0.5, 0.6) is 0 Å². The molecule has 2 heterocycles. The summed E-state index contributed by atoms with van der Waals surface area (Å²) in [5.41, 5.74) is 1.92. The van der Waals surface area contributed by atoms with Gasteiger partial charge in [0.15, 0.2) is 0 Å². The van der Waals surface area contributed by atoms with Gasteiger partial charge >= 0.3 is 0 Å². The minimum atomic E-state index is -0.229. The summed E-state index contributed by atoms with van der Waals surface area (Å²) in [5.74, 6) is 0.153. The molecule has 5 heteroatoms. The number of rotatable bonds is 5. The largest absolute Gasteiger partial charge is 0.351 e. The molecule has 1 saturated heterocycles. The Morgan fingerprint density at radius 3 is 3.00 bits per heavy atom. The first-order chi connectivity index (χ1) is 11.6. The highest BCUT2D eigenvalue weighted by Gasteiger charge is 2.33. The Balaban J connectivity index is 1.62. The fourth-order valence-electron chi connectivity index (χ4n) is 3.38. The van der Waals surface area contributed by atoms with Gasteiger partial charge in [0.2, 0.25) is 5.91 Å². The van der Waals surface area contributed by atoms with Crippen molar-refractivity contribution >= 4 is 5.91 Å². The second-order valence-corrected chi connectivity index (χ2v) is 6.37. The Bertz CT molecular complexity index is 692. The molecule has 0 radical (unpaired) electrons.